The maximum absolute atomic E-state index is 13.7. The van der Waals surface area contributed by atoms with E-state index in [2.05, 4.69) is 9.97 Å². The second-order valence-electron chi connectivity index (χ2n) is 3.07. The molecule has 0 saturated carbocycles. The Morgan fingerprint density at radius 3 is 2.69 bits per heavy atom. The van der Waals surface area contributed by atoms with Crippen LogP contribution in [0.3, 0.4) is 0 Å². The van der Waals surface area contributed by atoms with E-state index >= 15 is 0 Å². The molecule has 0 N–H and O–H groups in total. The molecule has 16 heavy (non-hydrogen) atoms. The van der Waals surface area contributed by atoms with Crippen LogP contribution in [-0.2, 0) is 0 Å². The van der Waals surface area contributed by atoms with E-state index in [9.17, 15) is 4.39 Å². The molecule has 5 heteroatoms. The van der Waals surface area contributed by atoms with Crippen LogP contribution in [0.5, 0.6) is 5.75 Å². The van der Waals surface area contributed by atoms with Gasteiger partial charge >= 0.3 is 0 Å². The van der Waals surface area contributed by atoms with Crippen molar-refractivity contribution in [1.29, 1.82) is 0 Å². The Morgan fingerprint density at radius 2 is 2.06 bits per heavy atom. The molecule has 0 amide bonds. The van der Waals surface area contributed by atoms with Gasteiger partial charge in [0.25, 0.3) is 0 Å². The van der Waals surface area contributed by atoms with Crippen molar-refractivity contribution in [2.24, 2.45) is 0 Å². The van der Waals surface area contributed by atoms with E-state index < -0.39 is 5.82 Å². The molecule has 1 aromatic carbocycles. The molecule has 1 heterocycles. The molecule has 0 aliphatic carbocycles. The van der Waals surface area contributed by atoms with E-state index in [1.165, 1.54) is 25.6 Å². The number of methoxy groups -OCH3 is 1. The maximum Gasteiger partial charge on any atom is 0.136 e. The molecule has 82 valence electrons. The molecule has 0 saturated heterocycles. The fraction of sp³-hybridized carbons (Fsp3) is 0.0909. The van der Waals surface area contributed by atoms with Gasteiger partial charge in [0.1, 0.15) is 23.0 Å². The third-order valence-electron chi connectivity index (χ3n) is 2.09. The van der Waals surface area contributed by atoms with Gasteiger partial charge in [-0.25, -0.2) is 14.4 Å². The van der Waals surface area contributed by atoms with Crippen molar-refractivity contribution in [3.8, 4) is 17.0 Å². The number of rotatable bonds is 2. The summed E-state index contributed by atoms with van der Waals surface area (Å²) in [6.07, 6.45) is 1.29. The fourth-order valence-electron chi connectivity index (χ4n) is 1.31. The largest absolute Gasteiger partial charge is 0.497 e. The highest BCUT2D eigenvalue weighted by Gasteiger charge is 2.08. The van der Waals surface area contributed by atoms with Crippen molar-refractivity contribution in [2.75, 3.05) is 7.11 Å². The monoisotopic (exact) mass is 238 g/mol. The zero-order chi connectivity index (χ0) is 11.5. The van der Waals surface area contributed by atoms with Crippen LogP contribution in [0.1, 0.15) is 0 Å². The van der Waals surface area contributed by atoms with E-state index in [-0.39, 0.29) is 5.15 Å². The lowest BCUT2D eigenvalue weighted by Gasteiger charge is -2.04. The highest BCUT2D eigenvalue weighted by Crippen LogP contribution is 2.25. The Labute approximate surface area is 96.9 Å². The number of nitrogens with zero attached hydrogens (tertiary/aromatic N) is 2. The van der Waals surface area contributed by atoms with E-state index in [0.717, 1.165) is 0 Å². The van der Waals surface area contributed by atoms with Gasteiger partial charge in [0.15, 0.2) is 0 Å². The lowest BCUT2D eigenvalue weighted by Crippen LogP contribution is -1.91. The fourth-order valence-corrected chi connectivity index (χ4v) is 1.46. The minimum absolute atomic E-state index is 0.278. The van der Waals surface area contributed by atoms with Gasteiger partial charge in [0.05, 0.1) is 12.8 Å². The molecule has 0 aliphatic rings. The summed E-state index contributed by atoms with van der Waals surface area (Å²) < 4.78 is 18.6. The van der Waals surface area contributed by atoms with Crippen LogP contribution in [0.2, 0.25) is 5.15 Å². The highest BCUT2D eigenvalue weighted by molar-refractivity contribution is 6.29. The van der Waals surface area contributed by atoms with Gasteiger partial charge < -0.3 is 4.74 Å². The number of aromatic nitrogens is 2. The summed E-state index contributed by atoms with van der Waals surface area (Å²) in [5.74, 6) is 0.0514. The molecule has 2 aromatic rings. The van der Waals surface area contributed by atoms with Crippen molar-refractivity contribution in [3.05, 3.63) is 41.6 Å². The van der Waals surface area contributed by atoms with Crippen molar-refractivity contribution < 1.29 is 9.13 Å². The molecule has 0 fully saturated rings. The van der Waals surface area contributed by atoms with Gasteiger partial charge in [0, 0.05) is 17.7 Å². The topological polar surface area (TPSA) is 35.0 Å². The number of hydrogen-bond acceptors (Lipinski definition) is 3. The molecule has 1 aromatic heterocycles. The summed E-state index contributed by atoms with van der Waals surface area (Å²) in [5, 5.41) is 0.278. The average molecular weight is 239 g/mol. The van der Waals surface area contributed by atoms with Crippen LogP contribution in [0.4, 0.5) is 4.39 Å². The Balaban J connectivity index is 2.48. The van der Waals surface area contributed by atoms with Gasteiger partial charge in [-0.05, 0) is 12.1 Å². The Morgan fingerprint density at radius 1 is 1.25 bits per heavy atom. The third-order valence-corrected chi connectivity index (χ3v) is 2.29. The first-order chi connectivity index (χ1) is 7.70. The Kier molecular flexibility index (Phi) is 3.01. The molecule has 3 nitrogen and oxygen atoms in total. The van der Waals surface area contributed by atoms with E-state index in [4.69, 9.17) is 16.3 Å². The van der Waals surface area contributed by atoms with Gasteiger partial charge in [-0.15, -0.1) is 0 Å². The van der Waals surface area contributed by atoms with Crippen LogP contribution in [0.15, 0.2) is 30.6 Å². The minimum atomic E-state index is -0.408. The third kappa shape index (κ3) is 2.12. The Hall–Kier alpha value is -1.68. The smallest absolute Gasteiger partial charge is 0.136 e. The summed E-state index contributed by atoms with van der Waals surface area (Å²) in [7, 11) is 1.48. The summed E-state index contributed by atoms with van der Waals surface area (Å²) in [4.78, 5) is 7.69. The number of hydrogen-bond donors (Lipinski definition) is 0. The van der Waals surface area contributed by atoms with Crippen molar-refractivity contribution >= 4 is 11.6 Å². The second kappa shape index (κ2) is 4.45. The second-order valence-corrected chi connectivity index (χ2v) is 3.46. The van der Waals surface area contributed by atoms with E-state index in [1.54, 1.807) is 12.1 Å². The maximum atomic E-state index is 13.7. The number of ether oxygens (including phenoxy) is 1. The van der Waals surface area contributed by atoms with Gasteiger partial charge in [-0.1, -0.05) is 11.6 Å². The van der Waals surface area contributed by atoms with Crippen molar-refractivity contribution in [2.45, 2.75) is 0 Å². The summed E-state index contributed by atoms with van der Waals surface area (Å²) in [6.45, 7) is 0. The number of benzene rings is 1. The molecular weight excluding hydrogens is 231 g/mol. The Bertz CT molecular complexity index is 519. The molecular formula is C11H8ClFN2O. The first-order valence-corrected chi connectivity index (χ1v) is 4.90. The zero-order valence-corrected chi connectivity index (χ0v) is 9.20. The van der Waals surface area contributed by atoms with E-state index in [1.807, 2.05) is 0 Å². The summed E-state index contributed by atoms with van der Waals surface area (Å²) in [6, 6.07) is 6.05. The van der Waals surface area contributed by atoms with Crippen LogP contribution >= 0.6 is 11.6 Å². The van der Waals surface area contributed by atoms with Gasteiger partial charge in [-0.3, -0.25) is 0 Å². The molecule has 2 rings (SSSR count). The first kappa shape index (κ1) is 10.8. The zero-order valence-electron chi connectivity index (χ0n) is 8.45. The average Bonchev–Trinajstić information content (AvgIpc) is 2.28. The molecule has 0 aliphatic heterocycles. The standard InChI is InChI=1S/C11H8ClFN2O/c1-16-7-2-3-8(9(13)4-7)10-5-11(12)15-6-14-10/h2-6H,1H3. The lowest BCUT2D eigenvalue weighted by atomic mass is 10.1. The highest BCUT2D eigenvalue weighted by atomic mass is 35.5. The van der Waals surface area contributed by atoms with Crippen LogP contribution in [0, 0.1) is 5.82 Å². The SMILES string of the molecule is COc1ccc(-c2cc(Cl)ncn2)c(F)c1. The lowest BCUT2D eigenvalue weighted by molar-refractivity contribution is 0.411. The van der Waals surface area contributed by atoms with Gasteiger partial charge in [0.2, 0.25) is 0 Å². The molecule has 0 bridgehead atoms. The quantitative estimate of drug-likeness (QED) is 0.755. The van der Waals surface area contributed by atoms with E-state index in [0.29, 0.717) is 17.0 Å². The molecule has 0 radical (unpaired) electrons. The van der Waals surface area contributed by atoms with Crippen LogP contribution in [0.25, 0.3) is 11.3 Å². The number of halogens is 2. The summed E-state index contributed by atoms with van der Waals surface area (Å²) in [5.41, 5.74) is 0.810. The van der Waals surface area contributed by atoms with Gasteiger partial charge in [-0.2, -0.15) is 0 Å². The molecule has 0 spiro atoms. The minimum Gasteiger partial charge on any atom is -0.497 e. The van der Waals surface area contributed by atoms with Crippen LogP contribution < -0.4 is 4.74 Å². The summed E-state index contributed by atoms with van der Waals surface area (Å²) >= 11 is 5.71. The van der Waals surface area contributed by atoms with Crippen molar-refractivity contribution in [3.63, 3.8) is 0 Å². The predicted octanol–water partition coefficient (Wildman–Crippen LogP) is 2.94. The predicted molar refractivity (Wildman–Crippen MR) is 59.0 cm³/mol. The molecule has 0 atom stereocenters. The normalized spacial score (nSPS) is 10.2. The van der Waals surface area contributed by atoms with Crippen molar-refractivity contribution in [1.82, 2.24) is 9.97 Å². The first-order valence-electron chi connectivity index (χ1n) is 4.52. The molecule has 0 unspecified atom stereocenters. The van der Waals surface area contributed by atoms with Crippen LogP contribution in [-0.4, -0.2) is 17.1 Å².